The standard InChI is InChI=1S/C13H17IO2/c14-12-6-4-11(5-7-12)9-15-10-13-3-1-2-8-16-13/h4-7,13H,1-3,8-10H2. The molecule has 2 nitrogen and oxygen atoms in total. The lowest BCUT2D eigenvalue weighted by Crippen LogP contribution is -2.24. The summed E-state index contributed by atoms with van der Waals surface area (Å²) in [5, 5.41) is 0. The minimum absolute atomic E-state index is 0.317. The third-order valence-electron chi connectivity index (χ3n) is 2.76. The average molecular weight is 332 g/mol. The summed E-state index contributed by atoms with van der Waals surface area (Å²) in [5.74, 6) is 0. The first-order valence-electron chi connectivity index (χ1n) is 5.78. The van der Waals surface area contributed by atoms with E-state index >= 15 is 0 Å². The SMILES string of the molecule is Ic1ccc(COCC2CCCCO2)cc1. The molecule has 1 heterocycles. The average Bonchev–Trinajstić information content (AvgIpc) is 2.33. The summed E-state index contributed by atoms with van der Waals surface area (Å²) in [6.07, 6.45) is 3.94. The van der Waals surface area contributed by atoms with Gasteiger partial charge in [0.05, 0.1) is 19.3 Å². The molecule has 0 aliphatic carbocycles. The van der Waals surface area contributed by atoms with E-state index in [9.17, 15) is 0 Å². The maximum atomic E-state index is 5.67. The number of halogens is 1. The van der Waals surface area contributed by atoms with Crippen molar-refractivity contribution in [2.45, 2.75) is 32.0 Å². The van der Waals surface area contributed by atoms with E-state index in [1.165, 1.54) is 22.0 Å². The van der Waals surface area contributed by atoms with E-state index in [2.05, 4.69) is 46.9 Å². The largest absolute Gasteiger partial charge is 0.376 e. The van der Waals surface area contributed by atoms with E-state index in [0.29, 0.717) is 12.7 Å². The highest BCUT2D eigenvalue weighted by atomic mass is 127. The minimum Gasteiger partial charge on any atom is -0.376 e. The molecule has 1 aliphatic rings. The van der Waals surface area contributed by atoms with Crippen molar-refractivity contribution in [3.63, 3.8) is 0 Å². The van der Waals surface area contributed by atoms with Gasteiger partial charge in [-0.1, -0.05) is 12.1 Å². The van der Waals surface area contributed by atoms with Crippen LogP contribution in [0.3, 0.4) is 0 Å². The second-order valence-corrected chi connectivity index (χ2v) is 5.38. The Bertz CT molecular complexity index is 304. The number of rotatable bonds is 4. The van der Waals surface area contributed by atoms with Crippen LogP contribution >= 0.6 is 22.6 Å². The van der Waals surface area contributed by atoms with E-state index < -0.39 is 0 Å². The number of hydrogen-bond acceptors (Lipinski definition) is 2. The van der Waals surface area contributed by atoms with Crippen molar-refractivity contribution in [3.05, 3.63) is 33.4 Å². The third-order valence-corrected chi connectivity index (χ3v) is 3.48. The summed E-state index contributed by atoms with van der Waals surface area (Å²) in [7, 11) is 0. The lowest BCUT2D eigenvalue weighted by Gasteiger charge is -2.22. The molecular formula is C13H17IO2. The zero-order valence-electron chi connectivity index (χ0n) is 9.32. The number of hydrogen-bond donors (Lipinski definition) is 0. The van der Waals surface area contributed by atoms with Gasteiger partial charge in [0.2, 0.25) is 0 Å². The molecule has 1 atom stereocenters. The van der Waals surface area contributed by atoms with Crippen LogP contribution in [0.2, 0.25) is 0 Å². The summed E-state index contributed by atoms with van der Waals surface area (Å²) in [5.41, 5.74) is 1.23. The first-order chi connectivity index (χ1) is 7.84. The van der Waals surface area contributed by atoms with Crippen molar-refractivity contribution in [2.24, 2.45) is 0 Å². The Hall–Kier alpha value is -0.130. The van der Waals surface area contributed by atoms with E-state index in [-0.39, 0.29) is 0 Å². The Morgan fingerprint density at radius 1 is 1.25 bits per heavy atom. The Balaban J connectivity index is 1.69. The van der Waals surface area contributed by atoms with E-state index in [4.69, 9.17) is 9.47 Å². The van der Waals surface area contributed by atoms with Gasteiger partial charge in [0, 0.05) is 10.2 Å². The van der Waals surface area contributed by atoms with Crippen molar-refractivity contribution in [1.82, 2.24) is 0 Å². The van der Waals surface area contributed by atoms with Crippen molar-refractivity contribution in [3.8, 4) is 0 Å². The second-order valence-electron chi connectivity index (χ2n) is 4.13. The van der Waals surface area contributed by atoms with Gasteiger partial charge < -0.3 is 9.47 Å². The molecule has 0 N–H and O–H groups in total. The van der Waals surface area contributed by atoms with E-state index in [1.807, 2.05) is 0 Å². The molecule has 0 saturated carbocycles. The molecule has 88 valence electrons. The van der Waals surface area contributed by atoms with E-state index in [1.54, 1.807) is 0 Å². The van der Waals surface area contributed by atoms with Gasteiger partial charge in [0.25, 0.3) is 0 Å². The maximum absolute atomic E-state index is 5.67. The number of benzene rings is 1. The van der Waals surface area contributed by atoms with Gasteiger partial charge in [0.15, 0.2) is 0 Å². The van der Waals surface area contributed by atoms with Crippen LogP contribution in [0, 0.1) is 3.57 Å². The first-order valence-corrected chi connectivity index (χ1v) is 6.86. The van der Waals surface area contributed by atoms with Crippen molar-refractivity contribution in [1.29, 1.82) is 0 Å². The number of ether oxygens (including phenoxy) is 2. The van der Waals surface area contributed by atoms with Gasteiger partial charge >= 0.3 is 0 Å². The van der Waals surface area contributed by atoms with Crippen LogP contribution in [0.4, 0.5) is 0 Å². The normalized spacial score (nSPS) is 20.9. The summed E-state index contributed by atoms with van der Waals surface area (Å²) in [6, 6.07) is 8.44. The Morgan fingerprint density at radius 3 is 2.75 bits per heavy atom. The third kappa shape index (κ3) is 4.03. The fraction of sp³-hybridized carbons (Fsp3) is 0.538. The lowest BCUT2D eigenvalue weighted by molar-refractivity contribution is -0.0447. The molecule has 1 unspecified atom stereocenters. The highest BCUT2D eigenvalue weighted by molar-refractivity contribution is 14.1. The Morgan fingerprint density at radius 2 is 2.06 bits per heavy atom. The van der Waals surface area contributed by atoms with Crippen LogP contribution in [-0.4, -0.2) is 19.3 Å². The van der Waals surface area contributed by atoms with Crippen LogP contribution in [-0.2, 0) is 16.1 Å². The summed E-state index contributed by atoms with van der Waals surface area (Å²) in [4.78, 5) is 0. The summed E-state index contributed by atoms with van der Waals surface area (Å²) >= 11 is 2.31. The smallest absolute Gasteiger partial charge is 0.0808 e. The lowest BCUT2D eigenvalue weighted by atomic mass is 10.1. The fourth-order valence-corrected chi connectivity index (χ4v) is 2.19. The molecule has 0 radical (unpaired) electrons. The van der Waals surface area contributed by atoms with Gasteiger partial charge in [-0.15, -0.1) is 0 Å². The summed E-state index contributed by atoms with van der Waals surface area (Å²) in [6.45, 7) is 2.32. The molecule has 0 bridgehead atoms. The Kier molecular flexibility index (Phi) is 5.06. The molecule has 1 fully saturated rings. The highest BCUT2D eigenvalue weighted by Gasteiger charge is 2.13. The molecule has 0 amide bonds. The second kappa shape index (κ2) is 6.57. The zero-order chi connectivity index (χ0) is 11.2. The van der Waals surface area contributed by atoms with Gasteiger partial charge in [-0.05, 0) is 59.5 Å². The molecule has 1 aromatic carbocycles. The predicted molar refractivity (Wildman–Crippen MR) is 72.4 cm³/mol. The molecule has 0 spiro atoms. The fourth-order valence-electron chi connectivity index (χ4n) is 1.83. The predicted octanol–water partition coefficient (Wildman–Crippen LogP) is 3.38. The molecule has 3 heteroatoms. The molecule has 2 rings (SSSR count). The van der Waals surface area contributed by atoms with Crippen molar-refractivity contribution < 1.29 is 9.47 Å². The topological polar surface area (TPSA) is 18.5 Å². The molecule has 1 aliphatic heterocycles. The van der Waals surface area contributed by atoms with Gasteiger partial charge in [-0.25, -0.2) is 0 Å². The quantitative estimate of drug-likeness (QED) is 0.787. The van der Waals surface area contributed by atoms with Crippen LogP contribution in [0.15, 0.2) is 24.3 Å². The molecule has 1 aromatic rings. The summed E-state index contributed by atoms with van der Waals surface area (Å²) < 4.78 is 12.5. The van der Waals surface area contributed by atoms with Gasteiger partial charge in [-0.2, -0.15) is 0 Å². The Labute approximate surface area is 110 Å². The molecule has 0 aromatic heterocycles. The van der Waals surface area contributed by atoms with Crippen LogP contribution in [0.5, 0.6) is 0 Å². The molecular weight excluding hydrogens is 315 g/mol. The van der Waals surface area contributed by atoms with Crippen LogP contribution in [0.1, 0.15) is 24.8 Å². The first kappa shape index (κ1) is 12.3. The van der Waals surface area contributed by atoms with Crippen LogP contribution < -0.4 is 0 Å². The van der Waals surface area contributed by atoms with Crippen LogP contribution in [0.25, 0.3) is 0 Å². The van der Waals surface area contributed by atoms with Gasteiger partial charge in [-0.3, -0.25) is 0 Å². The minimum atomic E-state index is 0.317. The van der Waals surface area contributed by atoms with Crippen molar-refractivity contribution >= 4 is 22.6 Å². The zero-order valence-corrected chi connectivity index (χ0v) is 11.5. The molecule has 1 saturated heterocycles. The highest BCUT2D eigenvalue weighted by Crippen LogP contribution is 2.14. The monoisotopic (exact) mass is 332 g/mol. The molecule has 16 heavy (non-hydrogen) atoms. The maximum Gasteiger partial charge on any atom is 0.0808 e. The van der Waals surface area contributed by atoms with E-state index in [0.717, 1.165) is 19.6 Å². The van der Waals surface area contributed by atoms with Gasteiger partial charge in [0.1, 0.15) is 0 Å². The van der Waals surface area contributed by atoms with Crippen molar-refractivity contribution in [2.75, 3.05) is 13.2 Å².